The minimum absolute atomic E-state index is 0.0693. The fourth-order valence-corrected chi connectivity index (χ4v) is 5.21. The summed E-state index contributed by atoms with van der Waals surface area (Å²) in [6.45, 7) is 0.0437. The highest BCUT2D eigenvalue weighted by atomic mass is 35.5. The van der Waals surface area contributed by atoms with E-state index >= 15 is 0 Å². The Morgan fingerprint density at radius 2 is 1.71 bits per heavy atom. The lowest BCUT2D eigenvalue weighted by atomic mass is 10.1. The zero-order valence-corrected chi connectivity index (χ0v) is 23.0. The van der Waals surface area contributed by atoms with Crippen molar-refractivity contribution >= 4 is 50.9 Å². The molecule has 0 fully saturated rings. The van der Waals surface area contributed by atoms with Crippen LogP contribution in [0.15, 0.2) is 46.3 Å². The normalized spacial score (nSPS) is 11.9. The Hall–Kier alpha value is -3.26. The van der Waals surface area contributed by atoms with Gasteiger partial charge in [0.15, 0.2) is 27.3 Å². The number of guanidine groups is 1. The molecule has 0 unspecified atom stereocenters. The lowest BCUT2D eigenvalue weighted by molar-refractivity contribution is -0.152. The van der Waals surface area contributed by atoms with Crippen molar-refractivity contribution in [3.05, 3.63) is 52.0 Å². The van der Waals surface area contributed by atoms with Crippen LogP contribution in [0, 0.1) is 0 Å². The van der Waals surface area contributed by atoms with E-state index in [0.717, 1.165) is 5.01 Å². The number of carboxylic acids is 1. The number of nitrogens with zero attached hydrogens (tertiary/aromatic N) is 2. The van der Waals surface area contributed by atoms with Gasteiger partial charge in [0.1, 0.15) is 11.8 Å². The van der Waals surface area contributed by atoms with Gasteiger partial charge in [-0.1, -0.05) is 23.2 Å². The number of hydrogen-bond donors (Lipinski definition) is 4. The maximum atomic E-state index is 13.3. The van der Waals surface area contributed by atoms with Crippen LogP contribution < -0.4 is 26.4 Å². The Labute approximate surface area is 230 Å². The van der Waals surface area contributed by atoms with Gasteiger partial charge in [0.05, 0.1) is 19.1 Å². The highest BCUT2D eigenvalue weighted by Gasteiger charge is 2.33. The topological polar surface area (TPSA) is 187 Å². The Morgan fingerprint density at radius 3 is 2.26 bits per heavy atom. The van der Waals surface area contributed by atoms with Crippen LogP contribution in [0.5, 0.6) is 11.5 Å². The third kappa shape index (κ3) is 8.94. The van der Waals surface area contributed by atoms with Crippen LogP contribution in [-0.2, 0) is 26.0 Å². The summed E-state index contributed by atoms with van der Waals surface area (Å²) < 4.78 is 36.5. The number of rotatable bonds is 14. The van der Waals surface area contributed by atoms with Crippen LogP contribution in [0.4, 0.5) is 0 Å². The number of aliphatic imine (C=N–C) groups is 1. The van der Waals surface area contributed by atoms with Crippen LogP contribution >= 0.6 is 23.2 Å². The van der Waals surface area contributed by atoms with E-state index in [2.05, 4.69) is 10.4 Å². The lowest BCUT2D eigenvalue weighted by Crippen LogP contribution is -2.54. The lowest BCUT2D eigenvalue weighted by Gasteiger charge is -2.29. The number of benzene rings is 2. The number of nitrogens with two attached hydrogens (primary N) is 2. The molecule has 0 aliphatic heterocycles. The number of methoxy groups -OCH3 is 2. The molecule has 15 heteroatoms. The third-order valence-corrected chi connectivity index (χ3v) is 7.23. The summed E-state index contributed by atoms with van der Waals surface area (Å²) in [6.07, 6.45) is 0.128. The third-order valence-electron chi connectivity index (χ3n) is 5.20. The molecule has 38 heavy (non-hydrogen) atoms. The van der Waals surface area contributed by atoms with Gasteiger partial charge in [-0.15, -0.1) is 0 Å². The number of aliphatic carboxylic acids is 1. The second-order valence-corrected chi connectivity index (χ2v) is 10.8. The van der Waals surface area contributed by atoms with Crippen molar-refractivity contribution in [1.82, 2.24) is 10.4 Å². The molecule has 0 heterocycles. The van der Waals surface area contributed by atoms with Crippen LogP contribution in [0.1, 0.15) is 18.4 Å². The molecule has 0 saturated heterocycles. The molecular weight excluding hydrogens is 561 g/mol. The maximum Gasteiger partial charge on any atom is 0.328 e. The Kier molecular flexibility index (Phi) is 11.4. The van der Waals surface area contributed by atoms with Crippen molar-refractivity contribution in [3.63, 3.8) is 0 Å². The molecule has 6 N–H and O–H groups in total. The smallest absolute Gasteiger partial charge is 0.328 e. The van der Waals surface area contributed by atoms with Crippen molar-refractivity contribution in [2.75, 3.05) is 26.5 Å². The molecule has 2 rings (SSSR count). The summed E-state index contributed by atoms with van der Waals surface area (Å²) in [6, 6.07) is 7.08. The fraction of sp³-hybridized carbons (Fsp3) is 0.348. The standard InChI is InChI=1S/C23H29Cl2N5O7S/c1-36-19-6-5-17(11-20(19)37-2)38(34,35)13-21(31)30(18(22(32)33)4-3-7-28-23(26)27)29-12-14-8-15(24)10-16(25)9-14/h5-6,8-11,18,29H,3-4,7,12-13H2,1-2H3,(H,32,33)(H4,26,27,28)/t18-/m0/s1. The molecule has 0 saturated carbocycles. The number of nitrogens with one attached hydrogen (secondary N) is 1. The minimum atomic E-state index is -4.21. The molecule has 12 nitrogen and oxygen atoms in total. The van der Waals surface area contributed by atoms with Gasteiger partial charge >= 0.3 is 5.97 Å². The van der Waals surface area contributed by atoms with Crippen molar-refractivity contribution in [3.8, 4) is 11.5 Å². The predicted molar refractivity (Wildman–Crippen MR) is 143 cm³/mol. The van der Waals surface area contributed by atoms with E-state index in [1.165, 1.54) is 38.5 Å². The van der Waals surface area contributed by atoms with Crippen molar-refractivity contribution in [2.45, 2.75) is 30.3 Å². The van der Waals surface area contributed by atoms with Gasteiger partial charge < -0.3 is 26.0 Å². The second kappa shape index (κ2) is 14.0. The summed E-state index contributed by atoms with van der Waals surface area (Å²) in [5, 5.41) is 11.3. The van der Waals surface area contributed by atoms with Gasteiger partial charge in [-0.2, -0.15) is 0 Å². The van der Waals surface area contributed by atoms with Crippen molar-refractivity contribution < 1.29 is 32.6 Å². The van der Waals surface area contributed by atoms with E-state index in [0.29, 0.717) is 21.4 Å². The van der Waals surface area contributed by atoms with E-state index in [9.17, 15) is 23.1 Å². The summed E-state index contributed by atoms with van der Waals surface area (Å²) in [7, 11) is -1.48. The zero-order chi connectivity index (χ0) is 28.5. The monoisotopic (exact) mass is 589 g/mol. The summed E-state index contributed by atoms with van der Waals surface area (Å²) in [5.74, 6) is -3.10. The second-order valence-electron chi connectivity index (χ2n) is 7.96. The Bertz CT molecular complexity index is 1270. The molecule has 0 aliphatic rings. The number of ether oxygens (including phenoxy) is 2. The number of hydrogen-bond acceptors (Lipinski definition) is 8. The average Bonchev–Trinajstić information content (AvgIpc) is 2.83. The molecule has 1 amide bonds. The number of halogens is 2. The van der Waals surface area contributed by atoms with Crippen LogP contribution in [-0.4, -0.2) is 68.9 Å². The molecule has 2 aromatic carbocycles. The number of carbonyl (C=O) groups is 2. The quantitative estimate of drug-likeness (QED) is 0.109. The molecule has 208 valence electrons. The minimum Gasteiger partial charge on any atom is -0.493 e. The summed E-state index contributed by atoms with van der Waals surface area (Å²) in [4.78, 5) is 29.0. The molecule has 1 atom stereocenters. The van der Waals surface area contributed by atoms with Gasteiger partial charge in [0.25, 0.3) is 5.91 Å². The first-order chi connectivity index (χ1) is 17.9. The predicted octanol–water partition coefficient (Wildman–Crippen LogP) is 1.82. The first-order valence-electron chi connectivity index (χ1n) is 11.1. The van der Waals surface area contributed by atoms with Crippen LogP contribution in [0.2, 0.25) is 10.0 Å². The molecule has 0 spiro atoms. The Morgan fingerprint density at radius 1 is 1.08 bits per heavy atom. The molecular formula is C23H29Cl2N5O7S. The zero-order valence-electron chi connectivity index (χ0n) is 20.7. The average molecular weight is 590 g/mol. The first-order valence-corrected chi connectivity index (χ1v) is 13.5. The highest BCUT2D eigenvalue weighted by molar-refractivity contribution is 7.92. The number of carboxylic acid groups (broad SMARTS) is 1. The van der Waals surface area contributed by atoms with Gasteiger partial charge in [0.2, 0.25) is 0 Å². The molecule has 0 aromatic heterocycles. The molecule has 0 aliphatic carbocycles. The first kappa shape index (κ1) is 31.0. The van der Waals surface area contributed by atoms with Gasteiger partial charge in [-0.3, -0.25) is 14.8 Å². The van der Waals surface area contributed by atoms with Crippen molar-refractivity contribution in [2.24, 2.45) is 16.5 Å². The SMILES string of the molecule is COc1ccc(S(=O)(=O)CC(=O)N(NCc2cc(Cl)cc(Cl)c2)[C@@H](CCCN=C(N)N)C(=O)O)cc1OC. The van der Waals surface area contributed by atoms with Crippen LogP contribution in [0.3, 0.4) is 0 Å². The van der Waals surface area contributed by atoms with E-state index < -0.39 is 33.5 Å². The molecule has 0 radical (unpaired) electrons. The maximum absolute atomic E-state index is 13.3. The van der Waals surface area contributed by atoms with E-state index in [4.69, 9.17) is 44.1 Å². The summed E-state index contributed by atoms with van der Waals surface area (Å²) in [5.41, 5.74) is 13.9. The number of amides is 1. The van der Waals surface area contributed by atoms with E-state index in [1.807, 2.05) is 0 Å². The Balaban J connectivity index is 2.35. The van der Waals surface area contributed by atoms with Gasteiger partial charge in [-0.25, -0.2) is 18.6 Å². The molecule has 2 aromatic rings. The summed E-state index contributed by atoms with van der Waals surface area (Å²) >= 11 is 12.1. The van der Waals surface area contributed by atoms with E-state index in [1.54, 1.807) is 12.1 Å². The number of carbonyl (C=O) groups excluding carboxylic acids is 1. The highest BCUT2D eigenvalue weighted by Crippen LogP contribution is 2.30. The van der Waals surface area contributed by atoms with Crippen molar-refractivity contribution in [1.29, 1.82) is 0 Å². The number of sulfone groups is 1. The van der Waals surface area contributed by atoms with E-state index in [-0.39, 0.29) is 42.5 Å². The van der Waals surface area contributed by atoms with Gasteiger partial charge in [0, 0.05) is 29.2 Å². The number of hydrazine groups is 1. The van der Waals surface area contributed by atoms with Crippen LogP contribution in [0.25, 0.3) is 0 Å². The fourth-order valence-electron chi connectivity index (χ4n) is 3.44. The largest absolute Gasteiger partial charge is 0.493 e. The molecule has 0 bridgehead atoms. The van der Waals surface area contributed by atoms with Gasteiger partial charge in [-0.05, 0) is 48.7 Å².